The van der Waals surface area contributed by atoms with Crippen molar-refractivity contribution in [1.82, 2.24) is 14.1 Å². The first-order valence-corrected chi connectivity index (χ1v) is 16.1. The van der Waals surface area contributed by atoms with Crippen LogP contribution in [0.3, 0.4) is 0 Å². The van der Waals surface area contributed by atoms with Crippen molar-refractivity contribution in [2.45, 2.75) is 38.3 Å². The number of amidine groups is 1. The van der Waals surface area contributed by atoms with E-state index in [1.54, 1.807) is 23.6 Å². The number of rotatable bonds is 10. The smallest absolute Gasteiger partial charge is 0.286 e. The molecule has 210 valence electrons. The molecule has 0 fully saturated rings. The van der Waals surface area contributed by atoms with Crippen molar-refractivity contribution in [2.75, 3.05) is 25.4 Å². The normalized spacial score (nSPS) is 14.8. The fourth-order valence-electron chi connectivity index (χ4n) is 3.90. The number of aromatic nitrogens is 2. The summed E-state index contributed by atoms with van der Waals surface area (Å²) in [6.07, 6.45) is 1.66. The van der Waals surface area contributed by atoms with Gasteiger partial charge in [-0.15, -0.1) is 15.7 Å². The lowest BCUT2D eigenvalue weighted by Gasteiger charge is -2.22. The average molecular weight is 596 g/mol. The number of aryl methyl sites for hydroxylation is 1. The zero-order valence-electron chi connectivity index (χ0n) is 21.8. The maximum Gasteiger partial charge on any atom is 0.286 e. The van der Waals surface area contributed by atoms with Crippen LogP contribution in [0.15, 0.2) is 49.8 Å². The molecule has 1 aliphatic heterocycles. The van der Waals surface area contributed by atoms with Gasteiger partial charge in [0, 0.05) is 20.2 Å². The Morgan fingerprint density at radius 1 is 1.26 bits per heavy atom. The molecule has 0 amide bonds. The van der Waals surface area contributed by atoms with Crippen molar-refractivity contribution in [3.8, 4) is 16.3 Å². The van der Waals surface area contributed by atoms with Crippen LogP contribution in [0.1, 0.15) is 31.4 Å². The van der Waals surface area contributed by atoms with E-state index in [2.05, 4.69) is 14.8 Å². The van der Waals surface area contributed by atoms with E-state index in [9.17, 15) is 26.7 Å². The van der Waals surface area contributed by atoms with Crippen LogP contribution in [0.5, 0.6) is 5.75 Å². The summed E-state index contributed by atoms with van der Waals surface area (Å²) >= 11 is 1.31. The van der Waals surface area contributed by atoms with Gasteiger partial charge in [0.1, 0.15) is 22.9 Å². The van der Waals surface area contributed by atoms with Crippen LogP contribution in [0.25, 0.3) is 10.6 Å². The molecule has 39 heavy (non-hydrogen) atoms. The minimum atomic E-state index is -4.33. The van der Waals surface area contributed by atoms with Crippen LogP contribution in [0, 0.1) is 5.92 Å². The van der Waals surface area contributed by atoms with E-state index < -0.39 is 31.4 Å². The number of aromatic hydroxyl groups is 1. The van der Waals surface area contributed by atoms with Gasteiger partial charge in [0.2, 0.25) is 10.0 Å². The largest absolute Gasteiger partial charge is 0.505 e. The van der Waals surface area contributed by atoms with Gasteiger partial charge in [-0.3, -0.25) is 4.79 Å². The molecule has 1 aromatic carbocycles. The Bertz CT molecular complexity index is 1680. The first kappa shape index (κ1) is 28.9. The van der Waals surface area contributed by atoms with Gasteiger partial charge in [-0.25, -0.2) is 13.1 Å². The number of hydrogen-bond acceptors (Lipinski definition) is 10. The molecule has 0 unspecified atom stereocenters. The maximum absolute atomic E-state index is 13.4. The Morgan fingerprint density at radius 3 is 2.62 bits per heavy atom. The van der Waals surface area contributed by atoms with Crippen molar-refractivity contribution in [3.05, 3.63) is 57.2 Å². The van der Waals surface area contributed by atoms with Gasteiger partial charge in [-0.2, -0.15) is 17.8 Å². The summed E-state index contributed by atoms with van der Waals surface area (Å²) in [5.41, 5.74) is -0.325. The molecule has 0 radical (unpaired) electrons. The molecule has 0 bridgehead atoms. The minimum Gasteiger partial charge on any atom is -0.505 e. The van der Waals surface area contributed by atoms with Gasteiger partial charge in [-0.05, 0) is 41.5 Å². The van der Waals surface area contributed by atoms with Crippen LogP contribution in [0.4, 0.5) is 5.69 Å². The van der Waals surface area contributed by atoms with E-state index in [1.165, 1.54) is 35.3 Å². The summed E-state index contributed by atoms with van der Waals surface area (Å²) in [5.74, 6) is -0.531. The Hall–Kier alpha value is -3.11. The van der Waals surface area contributed by atoms with Gasteiger partial charge in [0.25, 0.3) is 15.6 Å². The van der Waals surface area contributed by atoms with Crippen molar-refractivity contribution in [1.29, 1.82) is 0 Å². The van der Waals surface area contributed by atoms with Crippen molar-refractivity contribution in [2.24, 2.45) is 10.3 Å². The Kier molecular flexibility index (Phi) is 8.28. The van der Waals surface area contributed by atoms with E-state index in [-0.39, 0.29) is 53.4 Å². The van der Waals surface area contributed by atoms with Crippen LogP contribution < -0.4 is 10.9 Å². The number of ether oxygens (including phenoxy) is 1. The highest BCUT2D eigenvalue weighted by molar-refractivity contribution is 7.90. The fourth-order valence-corrected chi connectivity index (χ4v) is 6.47. The van der Waals surface area contributed by atoms with Crippen LogP contribution >= 0.6 is 11.3 Å². The zero-order chi connectivity index (χ0) is 28.5. The first-order chi connectivity index (χ1) is 18.3. The van der Waals surface area contributed by atoms with Crippen LogP contribution in [-0.2, 0) is 37.9 Å². The molecule has 0 aliphatic carbocycles. The highest BCUT2D eigenvalue weighted by Crippen LogP contribution is 2.35. The van der Waals surface area contributed by atoms with Crippen LogP contribution in [-0.4, -0.2) is 62.0 Å². The highest BCUT2D eigenvalue weighted by Gasteiger charge is 2.31. The number of nitrogens with zero attached hydrogens (tertiary/aromatic N) is 4. The molecule has 15 heteroatoms. The maximum atomic E-state index is 13.4. The standard InChI is InChI=1S/C24H29N5O7S3/c1-15(2)9-10-29-24(31)20(22(30)21(26-29)18-6-5-11-37-18)23-25-17-8-7-16(12-19(17)39(34,35)27-23)13-28(14-36-3)38(4,32)33/h5-8,11-12,15,30H,9-10,13-14H2,1-4H3,(H,25,27). The molecule has 0 saturated carbocycles. The first-order valence-electron chi connectivity index (χ1n) is 11.9. The molecule has 1 aliphatic rings. The molecule has 2 aromatic heterocycles. The Balaban J connectivity index is 1.80. The van der Waals surface area contributed by atoms with Gasteiger partial charge in [0.15, 0.2) is 11.6 Å². The van der Waals surface area contributed by atoms with Gasteiger partial charge < -0.3 is 15.2 Å². The summed E-state index contributed by atoms with van der Waals surface area (Å²) in [4.78, 5) is 13.8. The summed E-state index contributed by atoms with van der Waals surface area (Å²) in [6, 6.07) is 7.84. The second kappa shape index (κ2) is 11.2. The van der Waals surface area contributed by atoms with E-state index >= 15 is 0 Å². The number of sulfonamides is 2. The van der Waals surface area contributed by atoms with E-state index in [0.29, 0.717) is 16.9 Å². The predicted molar refractivity (Wildman–Crippen MR) is 149 cm³/mol. The van der Waals surface area contributed by atoms with Crippen molar-refractivity contribution >= 4 is 42.9 Å². The minimum absolute atomic E-state index is 0.123. The third-order valence-corrected chi connectivity index (χ3v) is 9.29. The summed E-state index contributed by atoms with van der Waals surface area (Å²) in [7, 11) is -6.60. The van der Waals surface area contributed by atoms with E-state index in [4.69, 9.17) is 4.74 Å². The monoisotopic (exact) mass is 595 g/mol. The number of thiophene rings is 1. The molecule has 3 aromatic rings. The summed E-state index contributed by atoms with van der Waals surface area (Å²) in [5, 5.41) is 20.2. The number of benzene rings is 1. The molecular weight excluding hydrogens is 566 g/mol. The van der Waals surface area contributed by atoms with Gasteiger partial charge in [-0.1, -0.05) is 26.0 Å². The molecular formula is C24H29N5O7S3. The molecule has 2 N–H and O–H groups in total. The van der Waals surface area contributed by atoms with Gasteiger partial charge >= 0.3 is 0 Å². The van der Waals surface area contributed by atoms with Gasteiger partial charge in [0.05, 0.1) is 16.8 Å². The quantitative estimate of drug-likeness (QED) is 0.336. The Labute approximate surface area is 230 Å². The van der Waals surface area contributed by atoms with Crippen molar-refractivity contribution < 1.29 is 26.7 Å². The van der Waals surface area contributed by atoms with E-state index in [1.807, 2.05) is 13.8 Å². The lowest BCUT2D eigenvalue weighted by Crippen LogP contribution is -2.34. The molecule has 4 rings (SSSR count). The molecule has 0 atom stereocenters. The molecule has 12 nitrogen and oxygen atoms in total. The second-order valence-corrected chi connectivity index (χ2v) is 13.9. The molecule has 0 spiro atoms. The third-order valence-electron chi connectivity index (χ3n) is 5.93. The molecule has 0 saturated heterocycles. The fraction of sp³-hybridized carbons (Fsp3) is 0.375. The highest BCUT2D eigenvalue weighted by atomic mass is 32.2. The SMILES string of the molecule is COCN(Cc1ccc2c(c1)S(=O)(=O)N=C(c1c(O)c(-c3cccs3)nn(CCC(C)C)c1=O)N2)S(C)(=O)=O. The van der Waals surface area contributed by atoms with E-state index in [0.717, 1.165) is 10.6 Å². The lowest BCUT2D eigenvalue weighted by molar-refractivity contribution is 0.114. The molecule has 3 heterocycles. The topological polar surface area (TPSA) is 160 Å². The summed E-state index contributed by atoms with van der Waals surface area (Å²) in [6.45, 7) is 3.94. The Morgan fingerprint density at radius 2 is 2.00 bits per heavy atom. The summed E-state index contributed by atoms with van der Waals surface area (Å²) < 4.78 is 61.7. The average Bonchev–Trinajstić information content (AvgIpc) is 3.37. The van der Waals surface area contributed by atoms with Crippen molar-refractivity contribution in [3.63, 3.8) is 0 Å². The number of nitrogens with one attached hydrogen (secondary N) is 1. The number of fused-ring (bicyclic) bond motifs is 1. The zero-order valence-corrected chi connectivity index (χ0v) is 24.2. The lowest BCUT2D eigenvalue weighted by atomic mass is 10.1. The number of anilines is 1. The van der Waals surface area contributed by atoms with Crippen LogP contribution in [0.2, 0.25) is 0 Å². The second-order valence-electron chi connectivity index (χ2n) is 9.42. The number of hydrogen-bond donors (Lipinski definition) is 2. The number of methoxy groups -OCH3 is 1. The third kappa shape index (κ3) is 6.22. The predicted octanol–water partition coefficient (Wildman–Crippen LogP) is 2.65.